The van der Waals surface area contributed by atoms with Crippen LogP contribution >= 0.6 is 23.2 Å². The van der Waals surface area contributed by atoms with E-state index in [1.54, 1.807) is 61.9 Å². The molecular formula is C23H17Cl2N3O3S. The molecule has 1 amide bonds. The summed E-state index contributed by atoms with van der Waals surface area (Å²) in [6.07, 6.45) is 4.82. The fraction of sp³-hybridized carbons (Fsp3) is 0.0870. The average Bonchev–Trinajstić information content (AvgIpc) is 2.81. The molecule has 0 radical (unpaired) electrons. The van der Waals surface area contributed by atoms with Crippen LogP contribution in [-0.2, 0) is 17.5 Å². The van der Waals surface area contributed by atoms with E-state index >= 15 is 0 Å². The minimum Gasteiger partial charge on any atom is -0.348 e. The topological polar surface area (TPSA) is 79.4 Å². The van der Waals surface area contributed by atoms with Gasteiger partial charge in [-0.2, -0.15) is 0 Å². The molecule has 3 aromatic rings. The lowest BCUT2D eigenvalue weighted by atomic mass is 10.0. The van der Waals surface area contributed by atoms with Crippen molar-refractivity contribution in [3.8, 4) is 0 Å². The van der Waals surface area contributed by atoms with Crippen LogP contribution in [0.3, 0.4) is 0 Å². The molecule has 4 rings (SSSR count). The fourth-order valence-corrected chi connectivity index (χ4v) is 4.68. The molecule has 1 atom stereocenters. The van der Waals surface area contributed by atoms with Gasteiger partial charge in [-0.25, -0.2) is 4.21 Å². The Morgan fingerprint density at radius 3 is 2.56 bits per heavy atom. The highest BCUT2D eigenvalue weighted by Crippen LogP contribution is 2.34. The fourth-order valence-electron chi connectivity index (χ4n) is 3.24. The molecule has 2 heterocycles. The second kappa shape index (κ2) is 9.24. The Morgan fingerprint density at radius 2 is 1.84 bits per heavy atom. The number of anilines is 1. The minimum atomic E-state index is -1.71. The van der Waals surface area contributed by atoms with Crippen LogP contribution in [0.15, 0.2) is 65.8 Å². The van der Waals surface area contributed by atoms with E-state index in [-0.39, 0.29) is 10.8 Å². The molecule has 1 aromatic heterocycles. The van der Waals surface area contributed by atoms with Crippen LogP contribution in [0.1, 0.15) is 31.8 Å². The number of pyridine rings is 1. The van der Waals surface area contributed by atoms with Gasteiger partial charge in [-0.3, -0.25) is 18.9 Å². The number of halogens is 2. The molecule has 0 saturated heterocycles. The van der Waals surface area contributed by atoms with E-state index in [9.17, 15) is 13.8 Å². The van der Waals surface area contributed by atoms with Crippen LogP contribution in [0.4, 0.5) is 5.69 Å². The predicted octanol–water partition coefficient (Wildman–Crippen LogP) is 4.66. The van der Waals surface area contributed by atoms with Crippen molar-refractivity contribution in [3.05, 3.63) is 98.1 Å². The summed E-state index contributed by atoms with van der Waals surface area (Å²) in [5, 5.41) is 3.54. The van der Waals surface area contributed by atoms with Gasteiger partial charge in [0.1, 0.15) is 4.91 Å². The van der Waals surface area contributed by atoms with Crippen LogP contribution in [0.5, 0.6) is 0 Å². The molecule has 1 unspecified atom stereocenters. The summed E-state index contributed by atoms with van der Waals surface area (Å²) in [4.78, 5) is 29.9. The molecular weight excluding hydrogens is 469 g/mol. The van der Waals surface area contributed by atoms with Crippen molar-refractivity contribution in [1.29, 1.82) is 0 Å². The predicted molar refractivity (Wildman–Crippen MR) is 127 cm³/mol. The van der Waals surface area contributed by atoms with Gasteiger partial charge in [-0.05, 0) is 59.7 Å². The van der Waals surface area contributed by atoms with Crippen molar-refractivity contribution in [2.24, 2.45) is 0 Å². The summed E-state index contributed by atoms with van der Waals surface area (Å²) in [6, 6.07) is 13.3. The van der Waals surface area contributed by atoms with E-state index < -0.39 is 16.8 Å². The molecule has 2 aromatic carbocycles. The number of carbonyl (C=O) groups excluding carboxylic acids is 2. The van der Waals surface area contributed by atoms with Gasteiger partial charge < -0.3 is 5.32 Å². The third-order valence-electron chi connectivity index (χ3n) is 4.95. The summed E-state index contributed by atoms with van der Waals surface area (Å²) in [5.41, 5.74) is 2.63. The van der Waals surface area contributed by atoms with Gasteiger partial charge in [0.05, 0.1) is 15.7 Å². The lowest BCUT2D eigenvalue weighted by molar-refractivity contribution is 0.0951. The van der Waals surface area contributed by atoms with Crippen LogP contribution in [-0.4, -0.2) is 27.9 Å². The number of benzene rings is 2. The van der Waals surface area contributed by atoms with Gasteiger partial charge in [0.15, 0.2) is 11.0 Å². The average molecular weight is 486 g/mol. The van der Waals surface area contributed by atoms with Crippen LogP contribution < -0.4 is 9.62 Å². The second-order valence-corrected chi connectivity index (χ2v) is 9.33. The molecule has 0 aliphatic carbocycles. The zero-order valence-corrected chi connectivity index (χ0v) is 19.2. The SMILES string of the molecule is CN1c2ccc(C(=O)NCc3ccncc3)cc2C(=O)/C(=C\c2ccc(Cl)c(Cl)c2)S1=O. The minimum absolute atomic E-state index is 0.0905. The van der Waals surface area contributed by atoms with Crippen molar-refractivity contribution in [2.45, 2.75) is 6.54 Å². The van der Waals surface area contributed by atoms with E-state index in [0.29, 0.717) is 39.0 Å². The smallest absolute Gasteiger partial charge is 0.251 e. The molecule has 0 bridgehead atoms. The van der Waals surface area contributed by atoms with E-state index in [1.807, 2.05) is 0 Å². The molecule has 32 heavy (non-hydrogen) atoms. The van der Waals surface area contributed by atoms with Gasteiger partial charge in [0.2, 0.25) is 5.78 Å². The first-order chi connectivity index (χ1) is 15.3. The summed E-state index contributed by atoms with van der Waals surface area (Å²) >= 11 is 12.0. The van der Waals surface area contributed by atoms with Gasteiger partial charge in [0, 0.05) is 37.1 Å². The number of hydrogen-bond donors (Lipinski definition) is 1. The number of fused-ring (bicyclic) bond motifs is 1. The Bertz CT molecular complexity index is 1280. The van der Waals surface area contributed by atoms with E-state index in [1.165, 1.54) is 16.4 Å². The number of nitrogens with zero attached hydrogens (tertiary/aromatic N) is 2. The van der Waals surface area contributed by atoms with Crippen molar-refractivity contribution >= 4 is 57.6 Å². The summed E-state index contributed by atoms with van der Waals surface area (Å²) in [5.74, 6) is -0.729. The van der Waals surface area contributed by atoms with Crippen molar-refractivity contribution < 1.29 is 13.8 Å². The molecule has 0 spiro atoms. The number of amides is 1. The van der Waals surface area contributed by atoms with Crippen molar-refractivity contribution in [2.75, 3.05) is 11.4 Å². The number of nitrogens with one attached hydrogen (secondary N) is 1. The standard InChI is InChI=1S/C23H17Cl2N3O3S/c1-28-20-5-3-16(23(30)27-13-14-6-8-26-9-7-14)12-17(20)22(29)21(32(28)31)11-15-2-4-18(24)19(25)10-15/h2-12H,13H2,1H3,(H,27,30)/b21-11+. The Balaban J connectivity index is 1.64. The highest BCUT2D eigenvalue weighted by molar-refractivity contribution is 7.91. The zero-order valence-electron chi connectivity index (χ0n) is 16.8. The third kappa shape index (κ3) is 4.46. The second-order valence-electron chi connectivity index (χ2n) is 7.03. The molecule has 9 heteroatoms. The van der Waals surface area contributed by atoms with Crippen LogP contribution in [0, 0.1) is 0 Å². The maximum Gasteiger partial charge on any atom is 0.251 e. The number of aromatic nitrogens is 1. The molecule has 6 nitrogen and oxygen atoms in total. The van der Waals surface area contributed by atoms with Crippen LogP contribution in [0.2, 0.25) is 10.0 Å². The first-order valence-electron chi connectivity index (χ1n) is 9.53. The number of Topliss-reactive ketones (excluding diaryl/α,β-unsaturated/α-hetero) is 1. The monoisotopic (exact) mass is 485 g/mol. The highest BCUT2D eigenvalue weighted by atomic mass is 35.5. The lowest BCUT2D eigenvalue weighted by Crippen LogP contribution is -2.32. The number of rotatable bonds is 4. The number of hydrogen-bond acceptors (Lipinski definition) is 4. The first kappa shape index (κ1) is 22.2. The van der Waals surface area contributed by atoms with Gasteiger partial charge in [0.25, 0.3) is 5.91 Å². The molecule has 0 saturated carbocycles. The van der Waals surface area contributed by atoms with Gasteiger partial charge >= 0.3 is 0 Å². The highest BCUT2D eigenvalue weighted by Gasteiger charge is 2.32. The molecule has 1 aliphatic rings. The number of carbonyl (C=O) groups is 2. The number of allylic oxidation sites excluding steroid dienone is 1. The lowest BCUT2D eigenvalue weighted by Gasteiger charge is -2.27. The Morgan fingerprint density at radius 1 is 1.09 bits per heavy atom. The van der Waals surface area contributed by atoms with E-state index in [4.69, 9.17) is 23.2 Å². The first-order valence-corrected chi connectivity index (χ1v) is 11.4. The quantitative estimate of drug-likeness (QED) is 0.545. The number of ketones is 1. The Kier molecular flexibility index (Phi) is 6.41. The van der Waals surface area contributed by atoms with Gasteiger partial charge in [-0.1, -0.05) is 29.3 Å². The maximum atomic E-state index is 13.2. The third-order valence-corrected chi connectivity index (χ3v) is 7.06. The van der Waals surface area contributed by atoms with Gasteiger partial charge in [-0.15, -0.1) is 0 Å². The summed E-state index contributed by atoms with van der Waals surface area (Å²) < 4.78 is 14.4. The van der Waals surface area contributed by atoms with Crippen molar-refractivity contribution in [1.82, 2.24) is 10.3 Å². The van der Waals surface area contributed by atoms with Crippen LogP contribution in [0.25, 0.3) is 6.08 Å². The molecule has 1 aliphatic heterocycles. The molecule has 1 N–H and O–H groups in total. The van der Waals surface area contributed by atoms with E-state index in [0.717, 1.165) is 5.56 Å². The molecule has 0 fully saturated rings. The maximum absolute atomic E-state index is 13.2. The summed E-state index contributed by atoms with van der Waals surface area (Å²) in [6.45, 7) is 0.332. The normalized spacial score (nSPS) is 16.7. The largest absolute Gasteiger partial charge is 0.348 e. The summed E-state index contributed by atoms with van der Waals surface area (Å²) in [7, 11) is -0.0777. The Labute approximate surface area is 197 Å². The molecule has 162 valence electrons. The zero-order chi connectivity index (χ0) is 22.8. The van der Waals surface area contributed by atoms with Crippen molar-refractivity contribution in [3.63, 3.8) is 0 Å². The van der Waals surface area contributed by atoms with E-state index in [2.05, 4.69) is 10.3 Å². The Hall–Kier alpha value is -3.00.